The summed E-state index contributed by atoms with van der Waals surface area (Å²) in [5.74, 6) is 0. The van der Waals surface area contributed by atoms with Gasteiger partial charge < -0.3 is 16.0 Å². The number of hydrogen-bond acceptors (Lipinski definition) is 4. The second-order valence-electron chi connectivity index (χ2n) is 4.80. The third-order valence-electron chi connectivity index (χ3n) is 3.27. The van der Waals surface area contributed by atoms with Gasteiger partial charge >= 0.3 is 0 Å². The average molecular weight is 244 g/mol. The van der Waals surface area contributed by atoms with Crippen LogP contribution < -0.4 is 11.1 Å². The smallest absolute Gasteiger partial charge is 0.0953 e. The van der Waals surface area contributed by atoms with Crippen LogP contribution in [0.1, 0.15) is 6.92 Å². The fraction of sp³-hybridized carbons (Fsp3) is 0.357. The zero-order valence-corrected chi connectivity index (χ0v) is 11.1. The maximum atomic E-state index is 5.95. The standard InChI is InChI=1S/C14H20N4/c1-10(18(2)3)9-17-13-7-6-12(15)11-5-4-8-16-14(11)13/h4-8,10,17H,9,15H2,1-3H3. The second-order valence-corrected chi connectivity index (χ2v) is 4.80. The largest absolute Gasteiger partial charge is 0.398 e. The summed E-state index contributed by atoms with van der Waals surface area (Å²) in [6.07, 6.45) is 1.79. The highest BCUT2D eigenvalue weighted by molar-refractivity contribution is 5.98. The van der Waals surface area contributed by atoms with Gasteiger partial charge in [-0.3, -0.25) is 4.98 Å². The third-order valence-corrected chi connectivity index (χ3v) is 3.27. The Morgan fingerprint density at radius 3 is 2.83 bits per heavy atom. The molecule has 0 aliphatic carbocycles. The maximum Gasteiger partial charge on any atom is 0.0953 e. The van der Waals surface area contributed by atoms with Crippen LogP contribution in [0.3, 0.4) is 0 Å². The van der Waals surface area contributed by atoms with Gasteiger partial charge in [-0.25, -0.2) is 0 Å². The van der Waals surface area contributed by atoms with Crippen LogP contribution in [0.5, 0.6) is 0 Å². The molecule has 0 amide bonds. The zero-order valence-electron chi connectivity index (χ0n) is 11.1. The minimum absolute atomic E-state index is 0.460. The van der Waals surface area contributed by atoms with E-state index in [1.165, 1.54) is 0 Å². The van der Waals surface area contributed by atoms with E-state index < -0.39 is 0 Å². The molecule has 96 valence electrons. The third kappa shape index (κ3) is 2.54. The molecule has 1 atom stereocenters. The highest BCUT2D eigenvalue weighted by Gasteiger charge is 2.07. The molecule has 18 heavy (non-hydrogen) atoms. The number of nitrogens with two attached hydrogens (primary N) is 1. The molecule has 0 radical (unpaired) electrons. The number of likely N-dealkylation sites (N-methyl/N-ethyl adjacent to an activating group) is 1. The van der Waals surface area contributed by atoms with E-state index in [2.05, 4.69) is 36.2 Å². The molecule has 0 fully saturated rings. The first-order valence-electron chi connectivity index (χ1n) is 6.13. The number of benzene rings is 1. The van der Waals surface area contributed by atoms with Crippen molar-refractivity contribution in [1.82, 2.24) is 9.88 Å². The van der Waals surface area contributed by atoms with E-state index in [0.29, 0.717) is 6.04 Å². The molecule has 2 aromatic rings. The lowest BCUT2D eigenvalue weighted by Gasteiger charge is -2.21. The van der Waals surface area contributed by atoms with E-state index in [-0.39, 0.29) is 0 Å². The van der Waals surface area contributed by atoms with Gasteiger partial charge in [-0.1, -0.05) is 0 Å². The van der Waals surface area contributed by atoms with Crippen LogP contribution in [0.4, 0.5) is 11.4 Å². The molecule has 3 N–H and O–H groups in total. The van der Waals surface area contributed by atoms with Crippen LogP contribution in [-0.2, 0) is 0 Å². The molecule has 0 aliphatic rings. The molecule has 0 aliphatic heterocycles. The number of nitrogens with zero attached hydrogens (tertiary/aromatic N) is 2. The average Bonchev–Trinajstić information content (AvgIpc) is 2.38. The highest BCUT2D eigenvalue weighted by atomic mass is 15.1. The van der Waals surface area contributed by atoms with Crippen LogP contribution in [0.2, 0.25) is 0 Å². The Morgan fingerprint density at radius 2 is 2.11 bits per heavy atom. The molecule has 1 aromatic heterocycles. The van der Waals surface area contributed by atoms with Gasteiger partial charge in [0, 0.05) is 29.9 Å². The van der Waals surface area contributed by atoms with Gasteiger partial charge in [0.2, 0.25) is 0 Å². The number of anilines is 2. The first-order valence-corrected chi connectivity index (χ1v) is 6.13. The number of rotatable bonds is 4. The molecular formula is C14H20N4. The second kappa shape index (κ2) is 5.23. The quantitative estimate of drug-likeness (QED) is 0.809. The first kappa shape index (κ1) is 12.6. The molecule has 0 spiro atoms. The van der Waals surface area contributed by atoms with Gasteiger partial charge in [-0.15, -0.1) is 0 Å². The van der Waals surface area contributed by atoms with E-state index in [4.69, 9.17) is 5.73 Å². The Hall–Kier alpha value is -1.81. The van der Waals surface area contributed by atoms with Crippen molar-refractivity contribution in [2.75, 3.05) is 31.7 Å². The number of pyridine rings is 1. The van der Waals surface area contributed by atoms with Crippen molar-refractivity contribution in [3.63, 3.8) is 0 Å². The molecule has 0 saturated carbocycles. The lowest BCUT2D eigenvalue weighted by Crippen LogP contribution is -2.31. The summed E-state index contributed by atoms with van der Waals surface area (Å²) in [5.41, 5.74) is 8.69. The van der Waals surface area contributed by atoms with E-state index in [1.54, 1.807) is 6.20 Å². The summed E-state index contributed by atoms with van der Waals surface area (Å²) >= 11 is 0. The Labute approximate surface area is 108 Å². The Kier molecular flexibility index (Phi) is 3.67. The van der Waals surface area contributed by atoms with Crippen molar-refractivity contribution in [2.24, 2.45) is 0 Å². The normalized spacial score (nSPS) is 12.9. The predicted octanol–water partition coefficient (Wildman–Crippen LogP) is 2.18. The number of nitrogen functional groups attached to an aromatic ring is 1. The lowest BCUT2D eigenvalue weighted by molar-refractivity contribution is 0.326. The van der Waals surface area contributed by atoms with Crippen molar-refractivity contribution in [3.05, 3.63) is 30.5 Å². The van der Waals surface area contributed by atoms with Crippen molar-refractivity contribution < 1.29 is 0 Å². The summed E-state index contributed by atoms with van der Waals surface area (Å²) < 4.78 is 0. The van der Waals surface area contributed by atoms with E-state index in [9.17, 15) is 0 Å². The number of aromatic nitrogens is 1. The Balaban J connectivity index is 2.26. The van der Waals surface area contributed by atoms with Crippen molar-refractivity contribution >= 4 is 22.3 Å². The topological polar surface area (TPSA) is 54.2 Å². The van der Waals surface area contributed by atoms with E-state index in [1.807, 2.05) is 24.3 Å². The molecule has 0 saturated heterocycles. The SMILES string of the molecule is CC(CNc1ccc(N)c2cccnc12)N(C)C. The number of nitrogens with one attached hydrogen (secondary N) is 1. The summed E-state index contributed by atoms with van der Waals surface area (Å²) in [6, 6.07) is 8.28. The minimum Gasteiger partial charge on any atom is -0.398 e. The zero-order chi connectivity index (χ0) is 13.1. The van der Waals surface area contributed by atoms with E-state index >= 15 is 0 Å². The molecule has 2 rings (SSSR count). The fourth-order valence-corrected chi connectivity index (χ4v) is 1.78. The molecule has 1 unspecified atom stereocenters. The summed E-state index contributed by atoms with van der Waals surface area (Å²) in [4.78, 5) is 6.59. The Morgan fingerprint density at radius 1 is 1.33 bits per heavy atom. The Bertz CT molecular complexity index is 536. The van der Waals surface area contributed by atoms with Crippen LogP contribution in [0, 0.1) is 0 Å². The molecule has 0 bridgehead atoms. The molecular weight excluding hydrogens is 224 g/mol. The van der Waals surface area contributed by atoms with Gasteiger partial charge in [-0.05, 0) is 45.3 Å². The van der Waals surface area contributed by atoms with Crippen LogP contribution in [0.25, 0.3) is 10.9 Å². The fourth-order valence-electron chi connectivity index (χ4n) is 1.78. The molecule has 1 aromatic carbocycles. The maximum absolute atomic E-state index is 5.95. The van der Waals surface area contributed by atoms with Crippen molar-refractivity contribution in [1.29, 1.82) is 0 Å². The van der Waals surface area contributed by atoms with Crippen molar-refractivity contribution in [2.45, 2.75) is 13.0 Å². The molecule has 4 heteroatoms. The minimum atomic E-state index is 0.460. The first-order chi connectivity index (χ1) is 8.59. The lowest BCUT2D eigenvalue weighted by atomic mass is 10.1. The van der Waals surface area contributed by atoms with E-state index in [0.717, 1.165) is 28.8 Å². The van der Waals surface area contributed by atoms with Gasteiger partial charge in [-0.2, -0.15) is 0 Å². The summed E-state index contributed by atoms with van der Waals surface area (Å²) in [6.45, 7) is 3.06. The van der Waals surface area contributed by atoms with Crippen LogP contribution >= 0.6 is 0 Å². The van der Waals surface area contributed by atoms with Gasteiger partial charge in [0.05, 0.1) is 11.2 Å². The van der Waals surface area contributed by atoms with Crippen LogP contribution in [-0.4, -0.2) is 36.6 Å². The van der Waals surface area contributed by atoms with Gasteiger partial charge in [0.25, 0.3) is 0 Å². The number of fused-ring (bicyclic) bond motifs is 1. The monoisotopic (exact) mass is 244 g/mol. The van der Waals surface area contributed by atoms with Gasteiger partial charge in [0.15, 0.2) is 0 Å². The summed E-state index contributed by atoms with van der Waals surface area (Å²) in [5, 5.41) is 4.44. The molecule has 4 nitrogen and oxygen atoms in total. The predicted molar refractivity (Wildman–Crippen MR) is 77.8 cm³/mol. The van der Waals surface area contributed by atoms with Gasteiger partial charge in [0.1, 0.15) is 0 Å². The van der Waals surface area contributed by atoms with Crippen LogP contribution in [0.15, 0.2) is 30.5 Å². The highest BCUT2D eigenvalue weighted by Crippen LogP contribution is 2.26. The summed E-state index contributed by atoms with van der Waals surface area (Å²) in [7, 11) is 4.15. The number of hydrogen-bond donors (Lipinski definition) is 2. The van der Waals surface area contributed by atoms with Crippen molar-refractivity contribution in [3.8, 4) is 0 Å². The molecule has 1 heterocycles.